The smallest absolute Gasteiger partial charge is 0.317 e. The van der Waals surface area contributed by atoms with Gasteiger partial charge < -0.3 is 20.1 Å². The zero-order chi connectivity index (χ0) is 24.8. The topological polar surface area (TPSA) is 95.9 Å². The number of hydrogen-bond acceptors (Lipinski definition) is 5. The zero-order valence-electron chi connectivity index (χ0n) is 20.6. The number of benzene rings is 1. The van der Waals surface area contributed by atoms with Gasteiger partial charge in [-0.3, -0.25) is 14.4 Å². The molecular formula is C25H38N2O5S. The van der Waals surface area contributed by atoms with Gasteiger partial charge in [-0.15, -0.1) is 11.8 Å². The fourth-order valence-electron chi connectivity index (χ4n) is 4.12. The summed E-state index contributed by atoms with van der Waals surface area (Å²) in [6, 6.07) is 6.23. The summed E-state index contributed by atoms with van der Waals surface area (Å²) in [6.45, 7) is 10.4. The molecule has 2 amide bonds. The van der Waals surface area contributed by atoms with Gasteiger partial charge in [-0.25, -0.2) is 0 Å². The van der Waals surface area contributed by atoms with Crippen LogP contribution in [0.4, 0.5) is 0 Å². The third-order valence-corrected chi connectivity index (χ3v) is 7.57. The number of aliphatic carboxylic acids is 1. The van der Waals surface area contributed by atoms with E-state index in [9.17, 15) is 19.5 Å². The second kappa shape index (κ2) is 11.8. The molecule has 0 bridgehead atoms. The average molecular weight is 479 g/mol. The van der Waals surface area contributed by atoms with Crippen LogP contribution in [-0.2, 0) is 9.59 Å². The number of thioether (sulfide) groups is 1. The molecule has 33 heavy (non-hydrogen) atoms. The fraction of sp³-hybridized carbons (Fsp3) is 0.640. The van der Waals surface area contributed by atoms with Crippen LogP contribution in [0.1, 0.15) is 64.2 Å². The summed E-state index contributed by atoms with van der Waals surface area (Å²) in [6.07, 6.45) is 2.14. The quantitative estimate of drug-likeness (QED) is 0.526. The highest BCUT2D eigenvalue weighted by Crippen LogP contribution is 2.32. The predicted molar refractivity (Wildman–Crippen MR) is 132 cm³/mol. The summed E-state index contributed by atoms with van der Waals surface area (Å²) >= 11 is 1.37. The minimum atomic E-state index is -0.839. The number of ether oxygens (including phenoxy) is 1. The second-order valence-corrected chi connectivity index (χ2v) is 11.3. The molecule has 1 aromatic carbocycles. The van der Waals surface area contributed by atoms with Crippen molar-refractivity contribution in [2.45, 2.75) is 71.2 Å². The highest BCUT2D eigenvalue weighted by atomic mass is 32.2. The molecule has 0 aromatic heterocycles. The van der Waals surface area contributed by atoms with Crippen LogP contribution in [-0.4, -0.2) is 64.5 Å². The molecule has 1 fully saturated rings. The molecule has 0 spiro atoms. The first-order valence-corrected chi connectivity index (χ1v) is 12.6. The van der Waals surface area contributed by atoms with Gasteiger partial charge in [0.25, 0.3) is 5.91 Å². The van der Waals surface area contributed by atoms with E-state index < -0.39 is 22.7 Å². The molecule has 1 aliphatic rings. The number of carbonyl (C=O) groups is 3. The Morgan fingerprint density at radius 3 is 2.36 bits per heavy atom. The first-order chi connectivity index (χ1) is 15.4. The van der Waals surface area contributed by atoms with Crippen LogP contribution in [0.3, 0.4) is 0 Å². The molecule has 3 unspecified atom stereocenters. The van der Waals surface area contributed by atoms with E-state index in [4.69, 9.17) is 4.74 Å². The number of carboxylic acids is 1. The van der Waals surface area contributed by atoms with Gasteiger partial charge in [0, 0.05) is 23.9 Å². The van der Waals surface area contributed by atoms with E-state index in [2.05, 4.69) is 19.2 Å². The first kappa shape index (κ1) is 27.0. The van der Waals surface area contributed by atoms with Gasteiger partial charge >= 0.3 is 5.97 Å². The number of carboxylic acid groups (broad SMARTS) is 1. The molecule has 1 heterocycles. The number of carbonyl (C=O) groups excluding carboxylic acids is 2. The van der Waals surface area contributed by atoms with Gasteiger partial charge in [0.1, 0.15) is 17.0 Å². The lowest BCUT2D eigenvalue weighted by atomic mass is 9.92. The Bertz CT molecular complexity index is 819. The van der Waals surface area contributed by atoms with Crippen molar-refractivity contribution in [2.75, 3.05) is 19.4 Å². The Labute approximate surface area is 201 Å². The van der Waals surface area contributed by atoms with Crippen molar-refractivity contribution in [3.63, 3.8) is 0 Å². The second-order valence-electron chi connectivity index (χ2n) is 10.1. The Hall–Kier alpha value is -2.22. The Balaban J connectivity index is 2.08. The third-order valence-electron chi connectivity index (χ3n) is 5.73. The lowest BCUT2D eigenvalue weighted by Crippen LogP contribution is -2.50. The lowest BCUT2D eigenvalue weighted by Gasteiger charge is -2.30. The van der Waals surface area contributed by atoms with Gasteiger partial charge in [0.2, 0.25) is 5.91 Å². The molecular weight excluding hydrogens is 440 g/mol. The molecule has 8 heteroatoms. The number of methoxy groups -OCH3 is 1. The summed E-state index contributed by atoms with van der Waals surface area (Å²) < 4.78 is 5.16. The number of nitrogens with zero attached hydrogens (tertiary/aromatic N) is 1. The summed E-state index contributed by atoms with van der Waals surface area (Å²) in [5, 5.41) is 12.2. The van der Waals surface area contributed by atoms with Gasteiger partial charge in [0.15, 0.2) is 0 Å². The van der Waals surface area contributed by atoms with Crippen molar-refractivity contribution >= 4 is 29.5 Å². The molecule has 1 aromatic rings. The van der Waals surface area contributed by atoms with Crippen molar-refractivity contribution in [3.05, 3.63) is 29.8 Å². The Morgan fingerprint density at radius 1 is 1.21 bits per heavy atom. The zero-order valence-corrected chi connectivity index (χ0v) is 21.4. The SMILES string of the molecule is COc1ccc(C(=O)N2CCCC2C(=O)NC(CSC(C(=O)O)C(C)(C)C)CC(C)C)cc1. The van der Waals surface area contributed by atoms with E-state index >= 15 is 0 Å². The monoisotopic (exact) mass is 478 g/mol. The molecule has 1 saturated heterocycles. The molecule has 2 N–H and O–H groups in total. The van der Waals surface area contributed by atoms with Crippen molar-refractivity contribution in [1.29, 1.82) is 0 Å². The normalized spacial score (nSPS) is 18.2. The van der Waals surface area contributed by atoms with Crippen LogP contribution in [0.5, 0.6) is 5.75 Å². The fourth-order valence-corrected chi connectivity index (χ4v) is 5.41. The van der Waals surface area contributed by atoms with Crippen molar-refractivity contribution < 1.29 is 24.2 Å². The molecule has 7 nitrogen and oxygen atoms in total. The van der Waals surface area contributed by atoms with Crippen LogP contribution >= 0.6 is 11.8 Å². The van der Waals surface area contributed by atoms with E-state index in [-0.39, 0.29) is 17.9 Å². The van der Waals surface area contributed by atoms with Crippen molar-refractivity contribution in [1.82, 2.24) is 10.2 Å². The molecule has 1 aliphatic heterocycles. The minimum Gasteiger partial charge on any atom is -0.497 e. The highest BCUT2D eigenvalue weighted by molar-refractivity contribution is 8.00. The van der Waals surface area contributed by atoms with E-state index in [0.29, 0.717) is 35.9 Å². The Kier molecular flexibility index (Phi) is 9.64. The molecule has 0 aliphatic carbocycles. The molecule has 2 rings (SSSR count). The van der Waals surface area contributed by atoms with Crippen LogP contribution < -0.4 is 10.1 Å². The summed E-state index contributed by atoms with van der Waals surface area (Å²) in [7, 11) is 1.57. The van der Waals surface area contributed by atoms with Gasteiger partial charge in [-0.05, 0) is 54.9 Å². The molecule has 0 saturated carbocycles. The first-order valence-electron chi connectivity index (χ1n) is 11.5. The number of nitrogens with one attached hydrogen (secondary N) is 1. The Morgan fingerprint density at radius 2 is 1.85 bits per heavy atom. The van der Waals surface area contributed by atoms with Crippen LogP contribution in [0.2, 0.25) is 0 Å². The van der Waals surface area contributed by atoms with E-state index in [1.807, 2.05) is 20.8 Å². The summed E-state index contributed by atoms with van der Waals surface area (Å²) in [4.78, 5) is 39.7. The van der Waals surface area contributed by atoms with Crippen LogP contribution in [0.15, 0.2) is 24.3 Å². The minimum absolute atomic E-state index is 0.162. The largest absolute Gasteiger partial charge is 0.497 e. The number of rotatable bonds is 10. The molecule has 184 valence electrons. The molecule has 3 atom stereocenters. The highest BCUT2D eigenvalue weighted by Gasteiger charge is 2.36. The lowest BCUT2D eigenvalue weighted by molar-refractivity contribution is -0.138. The van der Waals surface area contributed by atoms with E-state index in [0.717, 1.165) is 12.8 Å². The average Bonchev–Trinajstić information content (AvgIpc) is 3.21. The number of likely N-dealkylation sites (tertiary alicyclic amines) is 1. The maximum atomic E-state index is 13.2. The number of hydrogen-bond donors (Lipinski definition) is 2. The van der Waals surface area contributed by atoms with Crippen LogP contribution in [0.25, 0.3) is 0 Å². The van der Waals surface area contributed by atoms with E-state index in [1.165, 1.54) is 11.8 Å². The van der Waals surface area contributed by atoms with Gasteiger partial charge in [-0.2, -0.15) is 0 Å². The van der Waals surface area contributed by atoms with Gasteiger partial charge in [-0.1, -0.05) is 34.6 Å². The summed E-state index contributed by atoms with van der Waals surface area (Å²) in [5.74, 6) is 0.360. The summed E-state index contributed by atoms with van der Waals surface area (Å²) in [5.41, 5.74) is 0.134. The maximum absolute atomic E-state index is 13.2. The van der Waals surface area contributed by atoms with E-state index in [1.54, 1.807) is 36.3 Å². The molecule has 0 radical (unpaired) electrons. The maximum Gasteiger partial charge on any atom is 0.317 e. The van der Waals surface area contributed by atoms with Crippen molar-refractivity contribution in [3.8, 4) is 5.75 Å². The third kappa shape index (κ3) is 7.66. The van der Waals surface area contributed by atoms with Crippen LogP contribution in [0, 0.1) is 11.3 Å². The number of amides is 2. The predicted octanol–water partition coefficient (Wildman–Crippen LogP) is 4.06. The standard InChI is InChI=1S/C25H38N2O5S/c1-16(2)14-18(15-33-21(24(30)31)25(3,4)5)26-22(28)20-8-7-13-27(20)23(29)17-9-11-19(32-6)12-10-17/h9-12,16,18,20-21H,7-8,13-15H2,1-6H3,(H,26,28)(H,30,31). The van der Waals surface area contributed by atoms with Crippen molar-refractivity contribution in [2.24, 2.45) is 11.3 Å². The van der Waals surface area contributed by atoms with Gasteiger partial charge in [0.05, 0.1) is 7.11 Å².